The Hall–Kier alpha value is -1.56. The average Bonchev–Trinajstić information content (AvgIpc) is 2.71. The van der Waals surface area contributed by atoms with Crippen molar-refractivity contribution in [3.63, 3.8) is 0 Å². The van der Waals surface area contributed by atoms with E-state index in [1.165, 1.54) is 0 Å². The highest BCUT2D eigenvalue weighted by molar-refractivity contribution is 7.08. The van der Waals surface area contributed by atoms with E-state index in [9.17, 15) is 4.79 Å². The summed E-state index contributed by atoms with van der Waals surface area (Å²) in [7, 11) is 0. The van der Waals surface area contributed by atoms with E-state index in [4.69, 9.17) is 10.9 Å². The molecule has 0 saturated carbocycles. The zero-order valence-corrected chi connectivity index (χ0v) is 11.6. The second kappa shape index (κ2) is 6.39. The number of oxime groups is 1. The van der Waals surface area contributed by atoms with Crippen molar-refractivity contribution >= 4 is 23.1 Å². The topological polar surface area (TPSA) is 87.7 Å². The van der Waals surface area contributed by atoms with Crippen LogP contribution in [-0.4, -0.2) is 17.0 Å². The first kappa shape index (κ1) is 14.5. The summed E-state index contributed by atoms with van der Waals surface area (Å²) in [6, 6.07) is 0. The summed E-state index contributed by atoms with van der Waals surface area (Å²) in [6.45, 7) is 6.19. The van der Waals surface area contributed by atoms with Gasteiger partial charge in [-0.15, -0.1) is 0 Å². The summed E-state index contributed by atoms with van der Waals surface area (Å²) in [5.74, 6) is -0.895. The number of amidine groups is 1. The highest BCUT2D eigenvalue weighted by atomic mass is 32.1. The summed E-state index contributed by atoms with van der Waals surface area (Å²) < 4.78 is 0. The van der Waals surface area contributed by atoms with Crippen LogP contribution < -0.4 is 11.1 Å². The van der Waals surface area contributed by atoms with Gasteiger partial charge in [0.25, 0.3) is 0 Å². The largest absolute Gasteiger partial charge is 0.409 e. The molecule has 0 saturated heterocycles. The van der Waals surface area contributed by atoms with Gasteiger partial charge in [0.2, 0.25) is 5.91 Å². The van der Waals surface area contributed by atoms with Gasteiger partial charge in [-0.25, -0.2) is 0 Å². The van der Waals surface area contributed by atoms with Gasteiger partial charge in [0.1, 0.15) is 5.92 Å². The molecule has 5 nitrogen and oxygen atoms in total. The number of carbonyl (C=O) groups excluding carboxylic acids is 1. The monoisotopic (exact) mass is 269 g/mol. The van der Waals surface area contributed by atoms with Crippen LogP contribution in [0.5, 0.6) is 0 Å². The molecule has 6 heteroatoms. The predicted octanol–water partition coefficient (Wildman–Crippen LogP) is 1.69. The van der Waals surface area contributed by atoms with Crippen molar-refractivity contribution in [1.82, 2.24) is 5.32 Å². The first-order valence-electron chi connectivity index (χ1n) is 5.74. The van der Waals surface area contributed by atoms with E-state index >= 15 is 0 Å². The maximum atomic E-state index is 12.0. The van der Waals surface area contributed by atoms with Crippen LogP contribution >= 0.6 is 11.3 Å². The van der Waals surface area contributed by atoms with Crippen molar-refractivity contribution < 1.29 is 10.0 Å². The maximum absolute atomic E-state index is 12.0. The minimum Gasteiger partial charge on any atom is -0.409 e. The Morgan fingerprint density at radius 2 is 2.22 bits per heavy atom. The Bertz CT molecular complexity index is 440. The maximum Gasteiger partial charge on any atom is 0.231 e. The number of thiophene rings is 1. The van der Waals surface area contributed by atoms with Crippen LogP contribution in [0.25, 0.3) is 0 Å². The molecule has 1 aromatic heterocycles. The summed E-state index contributed by atoms with van der Waals surface area (Å²) in [5, 5.41) is 18.5. The van der Waals surface area contributed by atoms with Crippen molar-refractivity contribution in [2.75, 3.05) is 0 Å². The molecule has 0 aliphatic rings. The van der Waals surface area contributed by atoms with Crippen molar-refractivity contribution in [3.05, 3.63) is 21.9 Å². The van der Waals surface area contributed by atoms with Gasteiger partial charge >= 0.3 is 0 Å². The fraction of sp³-hybridized carbons (Fsp3) is 0.500. The molecule has 0 aliphatic carbocycles. The van der Waals surface area contributed by atoms with Gasteiger partial charge in [-0.05, 0) is 34.7 Å². The number of hydrogen-bond donors (Lipinski definition) is 3. The molecule has 0 aromatic carbocycles. The second-order valence-electron chi connectivity index (χ2n) is 4.54. The van der Waals surface area contributed by atoms with E-state index in [1.807, 2.05) is 31.5 Å². The predicted molar refractivity (Wildman–Crippen MR) is 72.6 cm³/mol. The lowest BCUT2D eigenvalue weighted by Gasteiger charge is -2.18. The lowest BCUT2D eigenvalue weighted by Crippen LogP contribution is -2.41. The lowest BCUT2D eigenvalue weighted by atomic mass is 9.94. The number of nitrogens with one attached hydrogen (secondary N) is 1. The molecule has 1 unspecified atom stereocenters. The summed E-state index contributed by atoms with van der Waals surface area (Å²) in [5.41, 5.74) is 7.79. The molecule has 0 radical (unpaired) electrons. The lowest BCUT2D eigenvalue weighted by molar-refractivity contribution is -0.124. The van der Waals surface area contributed by atoms with Crippen molar-refractivity contribution in [2.24, 2.45) is 22.7 Å². The van der Waals surface area contributed by atoms with Gasteiger partial charge in [-0.1, -0.05) is 19.0 Å². The minimum atomic E-state index is -0.603. The van der Waals surface area contributed by atoms with Crippen molar-refractivity contribution in [2.45, 2.75) is 27.3 Å². The molecular weight excluding hydrogens is 250 g/mol. The molecule has 0 aliphatic heterocycles. The molecular formula is C12H19N3O2S. The Morgan fingerprint density at radius 1 is 1.56 bits per heavy atom. The fourth-order valence-corrected chi connectivity index (χ4v) is 2.56. The number of nitrogens with two attached hydrogens (primary N) is 1. The first-order valence-corrected chi connectivity index (χ1v) is 6.68. The zero-order chi connectivity index (χ0) is 13.7. The standard InChI is InChI=1S/C12H19N3O2S/c1-7(2)10(11(13)15-17)12(16)14-4-9-6-18-5-8(9)3/h5-7,10,17H,4H2,1-3H3,(H2,13,15)(H,14,16). The highest BCUT2D eigenvalue weighted by Crippen LogP contribution is 2.15. The Kier molecular flexibility index (Phi) is 5.15. The molecule has 1 amide bonds. The van der Waals surface area contributed by atoms with Crippen molar-refractivity contribution in [1.29, 1.82) is 0 Å². The molecule has 1 aromatic rings. The Balaban J connectivity index is 2.66. The molecule has 1 rings (SSSR count). The van der Waals surface area contributed by atoms with Gasteiger partial charge in [-0.2, -0.15) is 11.3 Å². The molecule has 0 spiro atoms. The van der Waals surface area contributed by atoms with Crippen LogP contribution in [-0.2, 0) is 11.3 Å². The molecule has 4 N–H and O–H groups in total. The van der Waals surface area contributed by atoms with Crippen LogP contribution in [0.15, 0.2) is 15.9 Å². The van der Waals surface area contributed by atoms with Crippen LogP contribution in [0.3, 0.4) is 0 Å². The first-order chi connectivity index (χ1) is 8.47. The van der Waals surface area contributed by atoms with E-state index in [0.717, 1.165) is 11.1 Å². The van der Waals surface area contributed by atoms with Gasteiger partial charge in [0, 0.05) is 6.54 Å². The number of hydrogen-bond acceptors (Lipinski definition) is 4. The summed E-state index contributed by atoms with van der Waals surface area (Å²) in [6.07, 6.45) is 0. The van der Waals surface area contributed by atoms with Crippen LogP contribution in [0.4, 0.5) is 0 Å². The van der Waals surface area contributed by atoms with E-state index in [2.05, 4.69) is 10.5 Å². The fourth-order valence-electron chi connectivity index (χ4n) is 1.70. The minimum absolute atomic E-state index is 0.0236. The second-order valence-corrected chi connectivity index (χ2v) is 5.29. The van der Waals surface area contributed by atoms with Gasteiger partial charge in [-0.3, -0.25) is 4.79 Å². The third-order valence-corrected chi connectivity index (χ3v) is 3.71. The molecule has 1 atom stereocenters. The molecule has 0 fully saturated rings. The zero-order valence-electron chi connectivity index (χ0n) is 10.8. The Labute approximate surface area is 111 Å². The number of rotatable bonds is 5. The normalized spacial score (nSPS) is 13.7. The Morgan fingerprint density at radius 3 is 2.67 bits per heavy atom. The third kappa shape index (κ3) is 3.46. The van der Waals surface area contributed by atoms with Crippen LogP contribution in [0.2, 0.25) is 0 Å². The number of carbonyl (C=O) groups is 1. The molecule has 0 bridgehead atoms. The molecule has 100 valence electrons. The van der Waals surface area contributed by atoms with Crippen molar-refractivity contribution in [3.8, 4) is 0 Å². The van der Waals surface area contributed by atoms with Crippen LogP contribution in [0, 0.1) is 18.8 Å². The summed E-state index contributed by atoms with van der Waals surface area (Å²) >= 11 is 1.60. The van der Waals surface area contributed by atoms with E-state index < -0.39 is 5.92 Å². The highest BCUT2D eigenvalue weighted by Gasteiger charge is 2.26. The quantitative estimate of drug-likeness (QED) is 0.329. The third-order valence-electron chi connectivity index (χ3n) is 2.80. The van der Waals surface area contributed by atoms with E-state index in [-0.39, 0.29) is 17.7 Å². The number of nitrogens with zero attached hydrogens (tertiary/aromatic N) is 1. The van der Waals surface area contributed by atoms with E-state index in [0.29, 0.717) is 6.54 Å². The number of amides is 1. The number of aryl methyl sites for hydroxylation is 1. The summed E-state index contributed by atoms with van der Waals surface area (Å²) in [4.78, 5) is 12.0. The molecule has 1 heterocycles. The van der Waals surface area contributed by atoms with Gasteiger partial charge in [0.05, 0.1) is 0 Å². The SMILES string of the molecule is Cc1cscc1CNC(=O)C(C(N)=NO)C(C)C. The molecule has 18 heavy (non-hydrogen) atoms. The van der Waals surface area contributed by atoms with E-state index in [1.54, 1.807) is 11.3 Å². The van der Waals surface area contributed by atoms with Gasteiger partial charge < -0.3 is 16.3 Å². The van der Waals surface area contributed by atoms with Gasteiger partial charge in [0.15, 0.2) is 5.84 Å². The average molecular weight is 269 g/mol. The smallest absolute Gasteiger partial charge is 0.231 e. The van der Waals surface area contributed by atoms with Crippen LogP contribution in [0.1, 0.15) is 25.0 Å².